The average Bonchev–Trinajstić information content (AvgIpc) is 2.41. The SMILES string of the molecule is CC(C)c1ccccc1.S=C(S)c1ccccc1. The lowest BCUT2D eigenvalue weighted by Gasteiger charge is -2.01. The Morgan fingerprint density at radius 2 is 1.33 bits per heavy atom. The van der Waals surface area contributed by atoms with Crippen molar-refractivity contribution >= 4 is 29.0 Å². The van der Waals surface area contributed by atoms with Gasteiger partial charge in [-0.2, -0.15) is 0 Å². The highest BCUT2D eigenvalue weighted by Gasteiger charge is 1.93. The van der Waals surface area contributed by atoms with Crippen molar-refractivity contribution in [2.24, 2.45) is 0 Å². The van der Waals surface area contributed by atoms with Crippen molar-refractivity contribution in [3.8, 4) is 0 Å². The first-order valence-corrected chi connectivity index (χ1v) is 6.80. The van der Waals surface area contributed by atoms with Gasteiger partial charge in [-0.15, -0.1) is 12.6 Å². The molecule has 0 aromatic heterocycles. The van der Waals surface area contributed by atoms with Crippen LogP contribution in [0.25, 0.3) is 0 Å². The van der Waals surface area contributed by atoms with Crippen molar-refractivity contribution in [2.45, 2.75) is 19.8 Å². The molecule has 2 rings (SSSR count). The zero-order valence-corrected chi connectivity index (χ0v) is 12.4. The predicted molar refractivity (Wildman–Crippen MR) is 87.7 cm³/mol. The molecule has 0 unspecified atom stereocenters. The molecule has 94 valence electrons. The molecule has 0 saturated heterocycles. The van der Waals surface area contributed by atoms with E-state index in [-0.39, 0.29) is 0 Å². The summed E-state index contributed by atoms with van der Waals surface area (Å²) >= 11 is 8.85. The van der Waals surface area contributed by atoms with Gasteiger partial charge in [-0.1, -0.05) is 86.7 Å². The molecule has 0 aliphatic heterocycles. The predicted octanol–water partition coefficient (Wildman–Crippen LogP) is 5.10. The molecule has 0 atom stereocenters. The summed E-state index contributed by atoms with van der Waals surface area (Å²) in [5, 5.41) is 0. The van der Waals surface area contributed by atoms with Gasteiger partial charge in [-0.25, -0.2) is 0 Å². The van der Waals surface area contributed by atoms with Crippen LogP contribution in [0.5, 0.6) is 0 Å². The topological polar surface area (TPSA) is 0 Å². The minimum absolute atomic E-state index is 0.649. The molecule has 0 aliphatic carbocycles. The van der Waals surface area contributed by atoms with Crippen LogP contribution in [-0.2, 0) is 0 Å². The van der Waals surface area contributed by atoms with E-state index in [2.05, 4.69) is 50.7 Å². The molecule has 0 fully saturated rings. The summed E-state index contributed by atoms with van der Waals surface area (Å²) in [5.74, 6) is 0.659. The van der Waals surface area contributed by atoms with E-state index in [0.29, 0.717) is 10.1 Å². The fraction of sp³-hybridized carbons (Fsp3) is 0.188. The Morgan fingerprint density at radius 1 is 0.889 bits per heavy atom. The second-order valence-corrected chi connectivity index (χ2v) is 5.39. The van der Waals surface area contributed by atoms with Gasteiger partial charge in [-0.05, 0) is 17.0 Å². The highest BCUT2D eigenvalue weighted by molar-refractivity contribution is 8.11. The number of thiocarbonyl (C=S) groups is 1. The first-order chi connectivity index (χ1) is 8.61. The molecule has 2 aromatic carbocycles. The smallest absolute Gasteiger partial charge is 0.0747 e. The number of hydrogen-bond acceptors (Lipinski definition) is 1. The maximum absolute atomic E-state index is 4.83. The molecule has 18 heavy (non-hydrogen) atoms. The first kappa shape index (κ1) is 14.9. The fourth-order valence-electron chi connectivity index (χ4n) is 1.42. The molecule has 0 radical (unpaired) electrons. The molecule has 2 aromatic rings. The molecule has 0 aliphatic rings. The van der Waals surface area contributed by atoms with Crippen molar-refractivity contribution in [3.05, 3.63) is 71.8 Å². The summed E-state index contributed by atoms with van der Waals surface area (Å²) < 4.78 is 0.649. The van der Waals surface area contributed by atoms with E-state index in [1.807, 2.05) is 36.4 Å². The van der Waals surface area contributed by atoms with Gasteiger partial charge in [0, 0.05) is 0 Å². The van der Waals surface area contributed by atoms with Gasteiger partial charge < -0.3 is 0 Å². The fourth-order valence-corrected chi connectivity index (χ4v) is 1.70. The van der Waals surface area contributed by atoms with Gasteiger partial charge in [0.2, 0.25) is 0 Å². The quantitative estimate of drug-likeness (QED) is 0.587. The Kier molecular flexibility index (Phi) is 6.69. The van der Waals surface area contributed by atoms with Crippen LogP contribution in [0.1, 0.15) is 30.9 Å². The highest BCUT2D eigenvalue weighted by atomic mass is 32.1. The minimum Gasteiger partial charge on any atom is -0.131 e. The molecule has 0 spiro atoms. The van der Waals surface area contributed by atoms with Gasteiger partial charge >= 0.3 is 0 Å². The van der Waals surface area contributed by atoms with E-state index in [0.717, 1.165) is 5.56 Å². The van der Waals surface area contributed by atoms with Crippen LogP contribution in [0.4, 0.5) is 0 Å². The van der Waals surface area contributed by atoms with E-state index < -0.39 is 0 Å². The van der Waals surface area contributed by atoms with E-state index in [1.165, 1.54) is 5.56 Å². The second kappa shape index (κ2) is 8.06. The maximum atomic E-state index is 4.83. The van der Waals surface area contributed by atoms with Crippen LogP contribution in [0.2, 0.25) is 0 Å². The van der Waals surface area contributed by atoms with E-state index in [4.69, 9.17) is 12.2 Å². The molecule has 2 heteroatoms. The Labute approximate surface area is 120 Å². The zero-order chi connectivity index (χ0) is 13.4. The minimum atomic E-state index is 0.649. The third-order valence-electron chi connectivity index (χ3n) is 2.49. The Hall–Kier alpha value is -1.12. The Balaban J connectivity index is 0.000000180. The van der Waals surface area contributed by atoms with Gasteiger partial charge in [0.05, 0.1) is 4.20 Å². The molecule has 0 heterocycles. The molecule has 0 amide bonds. The molecule has 0 saturated carbocycles. The zero-order valence-electron chi connectivity index (χ0n) is 10.7. The number of benzene rings is 2. The monoisotopic (exact) mass is 274 g/mol. The Bertz CT molecular complexity index is 461. The maximum Gasteiger partial charge on any atom is 0.0747 e. The molecule has 0 nitrogen and oxygen atoms in total. The lowest BCUT2D eigenvalue weighted by atomic mass is 10.0. The van der Waals surface area contributed by atoms with Crippen molar-refractivity contribution in [3.63, 3.8) is 0 Å². The standard InChI is InChI=1S/C9H12.C7H6S2/c1-8(2)9-6-4-3-5-7-9;8-7(9)6-4-2-1-3-5-6/h3-8H,1-2H3;1-5H,(H,8,9). The van der Waals surface area contributed by atoms with Crippen LogP contribution in [0.15, 0.2) is 60.7 Å². The van der Waals surface area contributed by atoms with Crippen LogP contribution in [0, 0.1) is 0 Å². The van der Waals surface area contributed by atoms with Crippen LogP contribution < -0.4 is 0 Å². The normalized spacial score (nSPS) is 9.56. The molecule has 0 bridgehead atoms. The number of rotatable bonds is 2. The highest BCUT2D eigenvalue weighted by Crippen LogP contribution is 2.11. The molecular formula is C16H18S2. The number of thiol groups is 1. The summed E-state index contributed by atoms with van der Waals surface area (Å²) in [6, 6.07) is 20.2. The lowest BCUT2D eigenvalue weighted by molar-refractivity contribution is 0.867. The average molecular weight is 274 g/mol. The van der Waals surface area contributed by atoms with Crippen molar-refractivity contribution < 1.29 is 0 Å². The van der Waals surface area contributed by atoms with E-state index >= 15 is 0 Å². The third-order valence-corrected chi connectivity index (χ3v) is 2.98. The van der Waals surface area contributed by atoms with Gasteiger partial charge in [0.15, 0.2) is 0 Å². The van der Waals surface area contributed by atoms with Crippen LogP contribution in [-0.4, -0.2) is 4.20 Å². The summed E-state index contributed by atoms with van der Waals surface area (Å²) in [6.07, 6.45) is 0. The van der Waals surface area contributed by atoms with Crippen molar-refractivity contribution in [1.82, 2.24) is 0 Å². The van der Waals surface area contributed by atoms with Crippen molar-refractivity contribution in [1.29, 1.82) is 0 Å². The van der Waals surface area contributed by atoms with E-state index in [9.17, 15) is 0 Å². The number of hydrogen-bond donors (Lipinski definition) is 1. The summed E-state index contributed by atoms with van der Waals surface area (Å²) in [7, 11) is 0. The Morgan fingerprint density at radius 3 is 1.61 bits per heavy atom. The summed E-state index contributed by atoms with van der Waals surface area (Å²) in [4.78, 5) is 0. The molecule has 0 N–H and O–H groups in total. The van der Waals surface area contributed by atoms with Gasteiger partial charge in [0.25, 0.3) is 0 Å². The largest absolute Gasteiger partial charge is 0.131 e. The summed E-state index contributed by atoms with van der Waals surface area (Å²) in [5.41, 5.74) is 2.42. The summed E-state index contributed by atoms with van der Waals surface area (Å²) in [6.45, 7) is 4.41. The molecular weight excluding hydrogens is 256 g/mol. The lowest BCUT2D eigenvalue weighted by Crippen LogP contribution is -1.83. The third kappa shape index (κ3) is 5.48. The van der Waals surface area contributed by atoms with Crippen molar-refractivity contribution in [2.75, 3.05) is 0 Å². The van der Waals surface area contributed by atoms with E-state index in [1.54, 1.807) is 0 Å². The van der Waals surface area contributed by atoms with Gasteiger partial charge in [0.1, 0.15) is 0 Å². The van der Waals surface area contributed by atoms with Crippen LogP contribution >= 0.6 is 24.8 Å². The van der Waals surface area contributed by atoms with Crippen LogP contribution in [0.3, 0.4) is 0 Å². The first-order valence-electron chi connectivity index (χ1n) is 5.94. The van der Waals surface area contributed by atoms with Gasteiger partial charge in [-0.3, -0.25) is 0 Å². The second-order valence-electron chi connectivity index (χ2n) is 4.24.